The normalized spacial score (nSPS) is 10.2. The highest BCUT2D eigenvalue weighted by atomic mass is 16.2. The number of rotatable bonds is 5. The molecule has 3 aromatic rings. The van der Waals surface area contributed by atoms with Gasteiger partial charge in [-0.05, 0) is 29.8 Å². The van der Waals surface area contributed by atoms with Crippen LogP contribution < -0.4 is 16.4 Å². The third-order valence-corrected chi connectivity index (χ3v) is 3.54. The van der Waals surface area contributed by atoms with E-state index in [9.17, 15) is 9.59 Å². The summed E-state index contributed by atoms with van der Waals surface area (Å²) in [5.74, 6) is -0.207. The summed E-state index contributed by atoms with van der Waals surface area (Å²) in [7, 11) is 0. The summed E-state index contributed by atoms with van der Waals surface area (Å²) in [5.41, 5.74) is 7.93. The fourth-order valence-electron chi connectivity index (χ4n) is 2.29. The quantitative estimate of drug-likeness (QED) is 0.666. The van der Waals surface area contributed by atoms with Crippen molar-refractivity contribution in [3.63, 3.8) is 0 Å². The molecule has 0 aliphatic heterocycles. The van der Waals surface area contributed by atoms with Crippen LogP contribution in [-0.4, -0.2) is 21.7 Å². The van der Waals surface area contributed by atoms with E-state index in [1.807, 2.05) is 30.3 Å². The van der Waals surface area contributed by atoms with E-state index in [-0.39, 0.29) is 5.91 Å². The topological polar surface area (TPSA) is 102 Å². The van der Waals surface area contributed by atoms with Gasteiger partial charge in [-0.1, -0.05) is 30.3 Å². The number of nitrogens with zero attached hydrogens (tertiary/aromatic N) is 2. The van der Waals surface area contributed by atoms with Crippen LogP contribution in [0.4, 0.5) is 10.5 Å². The van der Waals surface area contributed by atoms with E-state index in [4.69, 9.17) is 5.73 Å². The highest BCUT2D eigenvalue weighted by Gasteiger charge is 2.09. The van der Waals surface area contributed by atoms with Gasteiger partial charge in [0.2, 0.25) is 0 Å². The van der Waals surface area contributed by atoms with Crippen LogP contribution in [0.5, 0.6) is 0 Å². The Morgan fingerprint density at radius 2 is 1.76 bits per heavy atom. The van der Waals surface area contributed by atoms with E-state index >= 15 is 0 Å². The Balaban J connectivity index is 1.59. The SMILES string of the molecule is NC(=O)Nc1ccc(CNC(=O)c2cnn(-c3ccccc3)c2)cc1. The van der Waals surface area contributed by atoms with E-state index in [1.54, 1.807) is 35.1 Å². The summed E-state index contributed by atoms with van der Waals surface area (Å²) in [5, 5.41) is 9.52. The van der Waals surface area contributed by atoms with Crippen LogP contribution in [0.1, 0.15) is 15.9 Å². The van der Waals surface area contributed by atoms with Crippen LogP contribution in [0.2, 0.25) is 0 Å². The van der Waals surface area contributed by atoms with Crippen LogP contribution in [0.15, 0.2) is 67.0 Å². The van der Waals surface area contributed by atoms with Crippen molar-refractivity contribution in [2.24, 2.45) is 5.73 Å². The zero-order valence-corrected chi connectivity index (χ0v) is 13.3. The van der Waals surface area contributed by atoms with Gasteiger partial charge in [-0.3, -0.25) is 4.79 Å². The molecule has 3 amide bonds. The molecule has 25 heavy (non-hydrogen) atoms. The third kappa shape index (κ3) is 4.23. The summed E-state index contributed by atoms with van der Waals surface area (Å²) < 4.78 is 1.65. The van der Waals surface area contributed by atoms with Crippen LogP contribution in [0.25, 0.3) is 5.69 Å². The van der Waals surface area contributed by atoms with Gasteiger partial charge in [-0.25, -0.2) is 9.48 Å². The molecule has 2 aromatic carbocycles. The molecule has 0 bridgehead atoms. The van der Waals surface area contributed by atoms with Crippen LogP contribution in [-0.2, 0) is 6.54 Å². The fourth-order valence-corrected chi connectivity index (χ4v) is 2.29. The molecule has 0 saturated heterocycles. The van der Waals surface area contributed by atoms with Gasteiger partial charge < -0.3 is 16.4 Å². The summed E-state index contributed by atoms with van der Waals surface area (Å²) >= 11 is 0. The van der Waals surface area contributed by atoms with Gasteiger partial charge in [-0.2, -0.15) is 5.10 Å². The number of nitrogens with one attached hydrogen (secondary N) is 2. The van der Waals surface area contributed by atoms with E-state index in [0.29, 0.717) is 17.8 Å². The molecule has 4 N–H and O–H groups in total. The molecule has 0 unspecified atom stereocenters. The van der Waals surface area contributed by atoms with Crippen LogP contribution in [0, 0.1) is 0 Å². The van der Waals surface area contributed by atoms with E-state index in [1.165, 1.54) is 6.20 Å². The summed E-state index contributed by atoms with van der Waals surface area (Å²) in [4.78, 5) is 23.0. The van der Waals surface area contributed by atoms with Crippen molar-refractivity contribution < 1.29 is 9.59 Å². The highest BCUT2D eigenvalue weighted by Crippen LogP contribution is 2.10. The van der Waals surface area contributed by atoms with Crippen molar-refractivity contribution >= 4 is 17.6 Å². The molecule has 1 heterocycles. The third-order valence-electron chi connectivity index (χ3n) is 3.54. The maximum atomic E-state index is 12.2. The van der Waals surface area contributed by atoms with Gasteiger partial charge in [0.05, 0.1) is 17.4 Å². The lowest BCUT2D eigenvalue weighted by Gasteiger charge is -2.06. The smallest absolute Gasteiger partial charge is 0.316 e. The van der Waals surface area contributed by atoms with Gasteiger partial charge >= 0.3 is 6.03 Å². The van der Waals surface area contributed by atoms with Crippen molar-refractivity contribution in [1.82, 2.24) is 15.1 Å². The largest absolute Gasteiger partial charge is 0.351 e. The van der Waals surface area contributed by atoms with Crippen molar-refractivity contribution in [3.8, 4) is 5.69 Å². The molecule has 1 aromatic heterocycles. The zero-order chi connectivity index (χ0) is 17.6. The molecule has 7 nitrogen and oxygen atoms in total. The molecule has 0 radical (unpaired) electrons. The van der Waals surface area contributed by atoms with Gasteiger partial charge in [0.25, 0.3) is 5.91 Å². The number of para-hydroxylation sites is 1. The van der Waals surface area contributed by atoms with Crippen LogP contribution in [0.3, 0.4) is 0 Å². The summed E-state index contributed by atoms with van der Waals surface area (Å²) in [6.07, 6.45) is 3.22. The van der Waals surface area contributed by atoms with Crippen molar-refractivity contribution in [2.45, 2.75) is 6.54 Å². The number of primary amides is 1. The number of hydrogen-bond donors (Lipinski definition) is 3. The number of amides is 3. The average Bonchev–Trinajstić information content (AvgIpc) is 3.11. The Bertz CT molecular complexity index is 872. The number of urea groups is 1. The fraction of sp³-hybridized carbons (Fsp3) is 0.0556. The maximum Gasteiger partial charge on any atom is 0.316 e. The van der Waals surface area contributed by atoms with E-state index < -0.39 is 6.03 Å². The van der Waals surface area contributed by atoms with Gasteiger partial charge in [0.15, 0.2) is 0 Å². The Morgan fingerprint density at radius 1 is 1.04 bits per heavy atom. The minimum atomic E-state index is -0.614. The number of benzene rings is 2. The second-order valence-electron chi connectivity index (χ2n) is 5.38. The lowest BCUT2D eigenvalue weighted by atomic mass is 10.2. The number of nitrogens with two attached hydrogens (primary N) is 1. The molecule has 0 fully saturated rings. The molecule has 0 atom stereocenters. The molecule has 7 heteroatoms. The average molecular weight is 335 g/mol. The number of hydrogen-bond acceptors (Lipinski definition) is 3. The predicted molar refractivity (Wildman–Crippen MR) is 94.4 cm³/mol. The van der Waals surface area contributed by atoms with Crippen LogP contribution >= 0.6 is 0 Å². The lowest BCUT2D eigenvalue weighted by molar-refractivity contribution is 0.0951. The minimum Gasteiger partial charge on any atom is -0.351 e. The van der Waals surface area contributed by atoms with E-state index in [0.717, 1.165) is 11.3 Å². The van der Waals surface area contributed by atoms with E-state index in [2.05, 4.69) is 15.7 Å². The second kappa shape index (κ2) is 7.31. The van der Waals surface area contributed by atoms with Crippen molar-refractivity contribution in [3.05, 3.63) is 78.1 Å². The monoisotopic (exact) mass is 335 g/mol. The predicted octanol–water partition coefficient (Wildman–Crippen LogP) is 2.29. The van der Waals surface area contributed by atoms with Gasteiger partial charge in [-0.15, -0.1) is 0 Å². The van der Waals surface area contributed by atoms with Crippen molar-refractivity contribution in [1.29, 1.82) is 0 Å². The molecular formula is C18H17N5O2. The lowest BCUT2D eigenvalue weighted by Crippen LogP contribution is -2.22. The first-order valence-corrected chi connectivity index (χ1v) is 7.65. The molecule has 0 spiro atoms. The molecule has 0 aliphatic rings. The summed E-state index contributed by atoms with van der Waals surface area (Å²) in [6.45, 7) is 0.367. The maximum absolute atomic E-state index is 12.2. The molecule has 126 valence electrons. The first-order valence-electron chi connectivity index (χ1n) is 7.65. The first kappa shape index (κ1) is 16.3. The standard InChI is InChI=1S/C18H17N5O2/c19-18(25)22-15-8-6-13(7-9-15)10-20-17(24)14-11-21-23(12-14)16-4-2-1-3-5-16/h1-9,11-12H,10H2,(H,20,24)(H3,19,22,25). The highest BCUT2D eigenvalue weighted by molar-refractivity contribution is 5.93. The molecule has 0 saturated carbocycles. The van der Waals surface area contributed by atoms with Gasteiger partial charge in [0.1, 0.15) is 0 Å². The second-order valence-corrected chi connectivity index (χ2v) is 5.38. The Kier molecular flexibility index (Phi) is 4.75. The number of aromatic nitrogens is 2. The summed E-state index contributed by atoms with van der Waals surface area (Å²) in [6, 6.07) is 16.0. The number of carbonyl (C=O) groups is 2. The molecule has 3 rings (SSSR count). The Labute approximate surface area is 144 Å². The van der Waals surface area contributed by atoms with Gasteiger partial charge in [0, 0.05) is 18.4 Å². The Morgan fingerprint density at radius 3 is 2.44 bits per heavy atom. The van der Waals surface area contributed by atoms with Crippen molar-refractivity contribution in [2.75, 3.05) is 5.32 Å². The molecular weight excluding hydrogens is 318 g/mol. The zero-order valence-electron chi connectivity index (χ0n) is 13.3. The minimum absolute atomic E-state index is 0.207. The number of anilines is 1. The Hall–Kier alpha value is -3.61. The first-order chi connectivity index (χ1) is 12.1. The number of carbonyl (C=O) groups excluding carboxylic acids is 2. The molecule has 0 aliphatic carbocycles.